The summed E-state index contributed by atoms with van der Waals surface area (Å²) in [6, 6.07) is 5.99. The van der Waals surface area contributed by atoms with Gasteiger partial charge in [0.2, 0.25) is 0 Å². The van der Waals surface area contributed by atoms with E-state index in [4.69, 9.17) is 0 Å². The second-order valence-corrected chi connectivity index (χ2v) is 5.78. The van der Waals surface area contributed by atoms with Gasteiger partial charge in [-0.1, -0.05) is 22.9 Å². The lowest BCUT2D eigenvalue weighted by Gasteiger charge is -2.08. The fourth-order valence-electron chi connectivity index (χ4n) is 2.38. The van der Waals surface area contributed by atoms with Crippen LogP contribution in [-0.4, -0.2) is 19.7 Å². The van der Waals surface area contributed by atoms with Crippen LogP contribution in [0.4, 0.5) is 5.82 Å². The molecule has 0 bridgehead atoms. The molecule has 0 aliphatic carbocycles. The molecule has 3 rings (SSSR count). The van der Waals surface area contributed by atoms with Crippen molar-refractivity contribution in [1.82, 2.24) is 19.7 Å². The molecule has 0 fully saturated rings. The van der Waals surface area contributed by atoms with Crippen LogP contribution < -0.4 is 5.32 Å². The summed E-state index contributed by atoms with van der Waals surface area (Å²) in [5.74, 6) is 0.840. The standard InChI is InChI=1S/C15H16BrN5/c1-3-13-10(8-21(2)20-13)7-17-15-12-6-11(16)4-5-14(12)18-9-19-15/h4-6,8-9H,3,7H2,1-2H3,(H,17,18,19). The maximum Gasteiger partial charge on any atom is 0.137 e. The van der Waals surface area contributed by atoms with E-state index in [9.17, 15) is 0 Å². The molecular formula is C15H16BrN5. The number of nitrogens with zero attached hydrogens (tertiary/aromatic N) is 4. The molecule has 0 unspecified atom stereocenters. The maximum atomic E-state index is 4.45. The van der Waals surface area contributed by atoms with Crippen molar-refractivity contribution in [3.05, 3.63) is 46.5 Å². The molecule has 2 aromatic heterocycles. The predicted octanol–water partition coefficient (Wildman–Crippen LogP) is 3.30. The average Bonchev–Trinajstić information content (AvgIpc) is 2.85. The Labute approximate surface area is 131 Å². The summed E-state index contributed by atoms with van der Waals surface area (Å²) in [7, 11) is 1.94. The second-order valence-electron chi connectivity index (χ2n) is 4.87. The van der Waals surface area contributed by atoms with Crippen LogP contribution in [-0.2, 0) is 20.0 Å². The summed E-state index contributed by atoms with van der Waals surface area (Å²) in [5, 5.41) is 8.86. The van der Waals surface area contributed by atoms with Crippen molar-refractivity contribution >= 4 is 32.7 Å². The van der Waals surface area contributed by atoms with Crippen molar-refractivity contribution in [3.63, 3.8) is 0 Å². The molecule has 5 nitrogen and oxygen atoms in total. The molecule has 3 aromatic rings. The summed E-state index contributed by atoms with van der Waals surface area (Å²) in [5.41, 5.74) is 3.24. The van der Waals surface area contributed by atoms with E-state index in [0.717, 1.165) is 33.3 Å². The van der Waals surface area contributed by atoms with E-state index < -0.39 is 0 Å². The molecule has 2 heterocycles. The first-order chi connectivity index (χ1) is 10.2. The minimum Gasteiger partial charge on any atom is -0.365 e. The van der Waals surface area contributed by atoms with Crippen LogP contribution in [0.2, 0.25) is 0 Å². The van der Waals surface area contributed by atoms with Crippen molar-refractivity contribution in [3.8, 4) is 0 Å². The highest BCUT2D eigenvalue weighted by molar-refractivity contribution is 9.10. The number of hydrogen-bond acceptors (Lipinski definition) is 4. The summed E-state index contributed by atoms with van der Waals surface area (Å²) in [6.45, 7) is 2.82. The summed E-state index contributed by atoms with van der Waals surface area (Å²) in [4.78, 5) is 8.64. The Morgan fingerprint density at radius 3 is 2.95 bits per heavy atom. The van der Waals surface area contributed by atoms with Crippen LogP contribution in [0.25, 0.3) is 10.9 Å². The Morgan fingerprint density at radius 2 is 2.14 bits per heavy atom. The maximum absolute atomic E-state index is 4.45. The molecule has 6 heteroatoms. The molecule has 0 aliphatic heterocycles. The molecule has 1 N–H and O–H groups in total. The highest BCUT2D eigenvalue weighted by Gasteiger charge is 2.08. The van der Waals surface area contributed by atoms with Crippen molar-refractivity contribution in [2.24, 2.45) is 7.05 Å². The zero-order valence-corrected chi connectivity index (χ0v) is 13.6. The Kier molecular flexibility index (Phi) is 3.88. The van der Waals surface area contributed by atoms with Crippen molar-refractivity contribution in [1.29, 1.82) is 0 Å². The van der Waals surface area contributed by atoms with E-state index in [-0.39, 0.29) is 0 Å². The van der Waals surface area contributed by atoms with Gasteiger partial charge in [0.05, 0.1) is 11.2 Å². The lowest BCUT2D eigenvalue weighted by Crippen LogP contribution is -2.03. The predicted molar refractivity (Wildman–Crippen MR) is 87.2 cm³/mol. The number of anilines is 1. The molecule has 1 aromatic carbocycles. The fraction of sp³-hybridized carbons (Fsp3) is 0.267. The number of rotatable bonds is 4. The molecule has 0 spiro atoms. The van der Waals surface area contributed by atoms with Crippen LogP contribution in [0.15, 0.2) is 35.2 Å². The zero-order chi connectivity index (χ0) is 14.8. The summed E-state index contributed by atoms with van der Waals surface area (Å²) < 4.78 is 2.87. The zero-order valence-electron chi connectivity index (χ0n) is 12.0. The molecular weight excluding hydrogens is 330 g/mol. The number of halogens is 1. The molecule has 108 valence electrons. The highest BCUT2D eigenvalue weighted by atomic mass is 79.9. The van der Waals surface area contributed by atoms with E-state index in [1.165, 1.54) is 5.56 Å². The Morgan fingerprint density at radius 1 is 1.29 bits per heavy atom. The van der Waals surface area contributed by atoms with Crippen molar-refractivity contribution < 1.29 is 0 Å². The molecule has 0 aliphatic rings. The Hall–Kier alpha value is -1.95. The van der Waals surface area contributed by atoms with Gasteiger partial charge in [-0.05, 0) is 24.6 Å². The van der Waals surface area contributed by atoms with Gasteiger partial charge in [-0.25, -0.2) is 9.97 Å². The van der Waals surface area contributed by atoms with Crippen LogP contribution >= 0.6 is 15.9 Å². The van der Waals surface area contributed by atoms with Gasteiger partial charge in [0.1, 0.15) is 12.1 Å². The first-order valence-electron chi connectivity index (χ1n) is 6.83. The molecule has 0 saturated heterocycles. The van der Waals surface area contributed by atoms with Crippen LogP contribution in [0, 0.1) is 0 Å². The third-order valence-electron chi connectivity index (χ3n) is 3.37. The molecule has 0 radical (unpaired) electrons. The van der Waals surface area contributed by atoms with Gasteiger partial charge in [0.25, 0.3) is 0 Å². The first-order valence-corrected chi connectivity index (χ1v) is 7.62. The quantitative estimate of drug-likeness (QED) is 0.788. The van der Waals surface area contributed by atoms with E-state index in [1.807, 2.05) is 36.1 Å². The number of nitrogens with one attached hydrogen (secondary N) is 1. The Bertz CT molecular complexity index is 781. The van der Waals surface area contributed by atoms with Crippen LogP contribution in [0.5, 0.6) is 0 Å². The van der Waals surface area contributed by atoms with Gasteiger partial charge in [0.15, 0.2) is 0 Å². The number of fused-ring (bicyclic) bond motifs is 1. The fourth-order valence-corrected chi connectivity index (χ4v) is 2.74. The van der Waals surface area contributed by atoms with Gasteiger partial charge >= 0.3 is 0 Å². The van der Waals surface area contributed by atoms with Crippen LogP contribution in [0.1, 0.15) is 18.2 Å². The lowest BCUT2D eigenvalue weighted by atomic mass is 10.2. The number of hydrogen-bond donors (Lipinski definition) is 1. The molecule has 0 saturated carbocycles. The lowest BCUT2D eigenvalue weighted by molar-refractivity contribution is 0.746. The van der Waals surface area contributed by atoms with Gasteiger partial charge in [-0.3, -0.25) is 4.68 Å². The van der Waals surface area contributed by atoms with Gasteiger partial charge in [-0.15, -0.1) is 0 Å². The monoisotopic (exact) mass is 345 g/mol. The minimum absolute atomic E-state index is 0.704. The van der Waals surface area contributed by atoms with Gasteiger partial charge in [-0.2, -0.15) is 5.10 Å². The first kappa shape index (κ1) is 14.0. The van der Waals surface area contributed by atoms with Gasteiger partial charge in [0, 0.05) is 35.2 Å². The largest absolute Gasteiger partial charge is 0.365 e. The normalized spacial score (nSPS) is 11.0. The highest BCUT2D eigenvalue weighted by Crippen LogP contribution is 2.23. The topological polar surface area (TPSA) is 55.6 Å². The molecule has 0 atom stereocenters. The smallest absolute Gasteiger partial charge is 0.137 e. The number of benzene rings is 1. The SMILES string of the molecule is CCc1nn(C)cc1CNc1ncnc2ccc(Br)cc12. The van der Waals surface area contributed by atoms with Gasteiger partial charge < -0.3 is 5.32 Å². The third-order valence-corrected chi connectivity index (χ3v) is 3.86. The average molecular weight is 346 g/mol. The number of aryl methyl sites for hydroxylation is 2. The molecule has 21 heavy (non-hydrogen) atoms. The minimum atomic E-state index is 0.704. The van der Waals surface area contributed by atoms with E-state index in [2.05, 4.69) is 43.2 Å². The molecule has 0 amide bonds. The van der Waals surface area contributed by atoms with E-state index in [0.29, 0.717) is 6.54 Å². The van der Waals surface area contributed by atoms with Crippen molar-refractivity contribution in [2.75, 3.05) is 5.32 Å². The third kappa shape index (κ3) is 2.90. The second kappa shape index (κ2) is 5.81. The van der Waals surface area contributed by atoms with Crippen molar-refractivity contribution in [2.45, 2.75) is 19.9 Å². The van der Waals surface area contributed by atoms with Crippen LogP contribution in [0.3, 0.4) is 0 Å². The van der Waals surface area contributed by atoms with E-state index >= 15 is 0 Å². The summed E-state index contributed by atoms with van der Waals surface area (Å²) >= 11 is 3.49. The summed E-state index contributed by atoms with van der Waals surface area (Å²) in [6.07, 6.45) is 4.56. The number of aromatic nitrogens is 4. The Balaban J connectivity index is 1.89. The van der Waals surface area contributed by atoms with E-state index in [1.54, 1.807) is 6.33 Å².